The van der Waals surface area contributed by atoms with Gasteiger partial charge in [-0.05, 0) is 27.7 Å². The fourth-order valence-corrected chi connectivity index (χ4v) is 3.02. The lowest BCUT2D eigenvalue weighted by Gasteiger charge is -2.29. The summed E-state index contributed by atoms with van der Waals surface area (Å²) in [5, 5.41) is 6.31. The molecule has 0 saturated carbocycles. The summed E-state index contributed by atoms with van der Waals surface area (Å²) in [6.07, 6.45) is 0. The van der Waals surface area contributed by atoms with Gasteiger partial charge < -0.3 is 0 Å². The first-order valence-corrected chi connectivity index (χ1v) is 7.96. The number of imidazole rings is 1. The molecule has 0 N–H and O–H groups in total. The van der Waals surface area contributed by atoms with Crippen LogP contribution in [0.25, 0.3) is 11.2 Å². The zero-order chi connectivity index (χ0) is 17.8. The number of anilines is 1. The molecule has 3 rings (SSSR count). The number of hydrogen-bond donors (Lipinski definition) is 0. The predicted molar refractivity (Wildman–Crippen MR) is 94.9 cm³/mol. The lowest BCUT2D eigenvalue weighted by Crippen LogP contribution is -2.40. The van der Waals surface area contributed by atoms with Crippen LogP contribution in [-0.2, 0) is 13.6 Å². The molecule has 0 aliphatic carbocycles. The van der Waals surface area contributed by atoms with Crippen LogP contribution in [-0.4, -0.2) is 30.9 Å². The van der Waals surface area contributed by atoms with Crippen LogP contribution >= 0.6 is 0 Å². The molecule has 1 atom stereocenters. The third-order valence-corrected chi connectivity index (χ3v) is 4.39. The minimum absolute atomic E-state index is 0.109. The van der Waals surface area contributed by atoms with E-state index in [1.54, 1.807) is 19.0 Å². The standard InChI is InChI=1S/C16H22N6O2/c1-7-20-14(23)12-13(19(6)16(20)24)17-15-21(8-9(2)3)18-10(4)11(5)22(12)15/h11H,2,7-8H2,1,3-6H3. The van der Waals surface area contributed by atoms with Crippen LogP contribution in [0.4, 0.5) is 5.95 Å². The second-order valence-corrected chi connectivity index (χ2v) is 6.28. The SMILES string of the molecule is C=C(C)CN1N=C(C)C(C)n2c1nc1c2c(=O)n(CC)c(=O)n1C. The fraction of sp³-hybridized carbons (Fsp3) is 0.500. The molecular weight excluding hydrogens is 308 g/mol. The molecule has 1 aliphatic rings. The van der Waals surface area contributed by atoms with Crippen LogP contribution in [0.3, 0.4) is 0 Å². The van der Waals surface area contributed by atoms with Crippen molar-refractivity contribution in [3.05, 3.63) is 33.0 Å². The molecule has 24 heavy (non-hydrogen) atoms. The molecule has 0 fully saturated rings. The summed E-state index contributed by atoms with van der Waals surface area (Å²) >= 11 is 0. The Hall–Kier alpha value is -2.64. The van der Waals surface area contributed by atoms with Crippen LogP contribution in [0.1, 0.15) is 33.7 Å². The van der Waals surface area contributed by atoms with Gasteiger partial charge in [0.1, 0.15) is 0 Å². The summed E-state index contributed by atoms with van der Waals surface area (Å²) in [4.78, 5) is 29.8. The lowest BCUT2D eigenvalue weighted by atomic mass is 10.2. The van der Waals surface area contributed by atoms with Gasteiger partial charge in [-0.25, -0.2) is 9.80 Å². The van der Waals surface area contributed by atoms with E-state index in [1.807, 2.05) is 25.3 Å². The summed E-state index contributed by atoms with van der Waals surface area (Å²) in [5.41, 5.74) is 1.95. The summed E-state index contributed by atoms with van der Waals surface area (Å²) < 4.78 is 4.52. The Kier molecular flexibility index (Phi) is 3.70. The van der Waals surface area contributed by atoms with Crippen molar-refractivity contribution in [1.29, 1.82) is 0 Å². The molecule has 8 nitrogen and oxygen atoms in total. The number of nitrogens with zero attached hydrogens (tertiary/aromatic N) is 6. The third-order valence-electron chi connectivity index (χ3n) is 4.39. The first kappa shape index (κ1) is 16.2. The van der Waals surface area contributed by atoms with Crippen molar-refractivity contribution in [1.82, 2.24) is 18.7 Å². The van der Waals surface area contributed by atoms with Gasteiger partial charge in [0.05, 0.1) is 18.3 Å². The molecule has 3 heterocycles. The van der Waals surface area contributed by atoms with Crippen molar-refractivity contribution in [2.75, 3.05) is 11.6 Å². The molecule has 0 spiro atoms. The van der Waals surface area contributed by atoms with Gasteiger partial charge in [-0.15, -0.1) is 0 Å². The van der Waals surface area contributed by atoms with Crippen molar-refractivity contribution in [3.63, 3.8) is 0 Å². The molecule has 2 aromatic rings. The average molecular weight is 330 g/mol. The van der Waals surface area contributed by atoms with Gasteiger partial charge in [0.2, 0.25) is 5.95 Å². The van der Waals surface area contributed by atoms with Gasteiger partial charge in [-0.3, -0.25) is 18.5 Å². The second kappa shape index (κ2) is 5.47. The zero-order valence-corrected chi connectivity index (χ0v) is 14.7. The quantitative estimate of drug-likeness (QED) is 0.794. The van der Waals surface area contributed by atoms with E-state index in [1.165, 1.54) is 9.13 Å². The largest absolute Gasteiger partial charge is 0.332 e. The van der Waals surface area contributed by atoms with Crippen LogP contribution in [0.2, 0.25) is 0 Å². The molecule has 0 saturated heterocycles. The van der Waals surface area contributed by atoms with E-state index in [9.17, 15) is 9.59 Å². The highest BCUT2D eigenvalue weighted by molar-refractivity contribution is 5.91. The zero-order valence-electron chi connectivity index (χ0n) is 14.7. The Bertz CT molecular complexity index is 991. The molecule has 0 radical (unpaired) electrons. The molecule has 0 bridgehead atoms. The number of rotatable bonds is 3. The number of hydrogen-bond acceptors (Lipinski definition) is 5. The van der Waals surface area contributed by atoms with Gasteiger partial charge >= 0.3 is 5.69 Å². The molecule has 0 aromatic carbocycles. The van der Waals surface area contributed by atoms with Gasteiger partial charge in [-0.1, -0.05) is 12.2 Å². The maximum absolute atomic E-state index is 12.9. The van der Waals surface area contributed by atoms with Crippen LogP contribution < -0.4 is 16.3 Å². The maximum Gasteiger partial charge on any atom is 0.332 e. The molecule has 1 unspecified atom stereocenters. The van der Waals surface area contributed by atoms with Gasteiger partial charge in [0, 0.05) is 13.6 Å². The van der Waals surface area contributed by atoms with E-state index in [0.717, 1.165) is 11.3 Å². The van der Waals surface area contributed by atoms with Gasteiger partial charge in [0.25, 0.3) is 5.56 Å². The van der Waals surface area contributed by atoms with Crippen LogP contribution in [0.5, 0.6) is 0 Å². The smallest absolute Gasteiger partial charge is 0.294 e. The summed E-state index contributed by atoms with van der Waals surface area (Å²) in [7, 11) is 1.64. The normalized spacial score (nSPS) is 17.1. The highest BCUT2D eigenvalue weighted by Gasteiger charge is 2.30. The minimum atomic E-state index is -0.359. The molecular formula is C16H22N6O2. The maximum atomic E-state index is 12.9. The molecule has 128 valence electrons. The van der Waals surface area contributed by atoms with Crippen LogP contribution in [0, 0.1) is 0 Å². The minimum Gasteiger partial charge on any atom is -0.294 e. The van der Waals surface area contributed by atoms with Gasteiger partial charge in [-0.2, -0.15) is 10.1 Å². The first-order valence-electron chi connectivity index (χ1n) is 7.96. The Balaban J connectivity index is 2.43. The Morgan fingerprint density at radius 1 is 1.33 bits per heavy atom. The molecule has 1 aliphatic heterocycles. The van der Waals surface area contributed by atoms with E-state index < -0.39 is 0 Å². The van der Waals surface area contributed by atoms with E-state index in [-0.39, 0.29) is 17.3 Å². The summed E-state index contributed by atoms with van der Waals surface area (Å²) in [5.74, 6) is 0.562. The third kappa shape index (κ3) is 2.13. The van der Waals surface area contributed by atoms with Crippen molar-refractivity contribution >= 4 is 22.8 Å². The van der Waals surface area contributed by atoms with E-state index in [0.29, 0.717) is 30.2 Å². The highest BCUT2D eigenvalue weighted by Crippen LogP contribution is 2.29. The monoisotopic (exact) mass is 330 g/mol. The highest BCUT2D eigenvalue weighted by atomic mass is 16.2. The molecule has 2 aromatic heterocycles. The Morgan fingerprint density at radius 2 is 2.00 bits per heavy atom. The van der Waals surface area contributed by atoms with E-state index in [2.05, 4.69) is 16.7 Å². The van der Waals surface area contributed by atoms with Crippen molar-refractivity contribution in [2.24, 2.45) is 12.1 Å². The van der Waals surface area contributed by atoms with Crippen molar-refractivity contribution in [2.45, 2.75) is 40.3 Å². The van der Waals surface area contributed by atoms with Gasteiger partial charge in [0.15, 0.2) is 11.2 Å². The number of fused-ring (bicyclic) bond motifs is 3. The number of aromatic nitrogens is 4. The van der Waals surface area contributed by atoms with Crippen molar-refractivity contribution in [3.8, 4) is 0 Å². The average Bonchev–Trinajstić information content (AvgIpc) is 2.91. The van der Waals surface area contributed by atoms with Crippen molar-refractivity contribution < 1.29 is 0 Å². The Morgan fingerprint density at radius 3 is 2.58 bits per heavy atom. The number of aryl methyl sites for hydroxylation is 1. The summed E-state index contributed by atoms with van der Waals surface area (Å²) in [6.45, 7) is 12.3. The topological polar surface area (TPSA) is 77.4 Å². The Labute approximate surface area is 139 Å². The summed E-state index contributed by atoms with van der Waals surface area (Å²) in [6, 6.07) is -0.109. The van der Waals surface area contributed by atoms with Crippen LogP contribution in [0.15, 0.2) is 26.8 Å². The number of hydrazone groups is 1. The fourth-order valence-electron chi connectivity index (χ4n) is 3.02. The predicted octanol–water partition coefficient (Wildman–Crippen LogP) is 1.25. The van der Waals surface area contributed by atoms with E-state index >= 15 is 0 Å². The second-order valence-electron chi connectivity index (χ2n) is 6.28. The van der Waals surface area contributed by atoms with E-state index in [4.69, 9.17) is 0 Å². The lowest BCUT2D eigenvalue weighted by molar-refractivity contribution is 0.622. The first-order chi connectivity index (χ1) is 11.3. The molecule has 8 heteroatoms. The molecule has 0 amide bonds.